The van der Waals surface area contributed by atoms with Crippen LogP contribution in [0.4, 0.5) is 4.39 Å². The van der Waals surface area contributed by atoms with Crippen LogP contribution in [0.3, 0.4) is 0 Å². The van der Waals surface area contributed by atoms with Crippen LogP contribution in [0.15, 0.2) is 59.1 Å². The summed E-state index contributed by atoms with van der Waals surface area (Å²) >= 11 is 0. The minimum atomic E-state index is -0.303. The number of oxazole rings is 1. The van der Waals surface area contributed by atoms with Crippen LogP contribution >= 0.6 is 0 Å². The van der Waals surface area contributed by atoms with Crippen molar-refractivity contribution in [2.24, 2.45) is 0 Å². The van der Waals surface area contributed by atoms with E-state index in [0.29, 0.717) is 35.9 Å². The van der Waals surface area contributed by atoms with Crippen molar-refractivity contribution in [1.29, 1.82) is 0 Å². The van der Waals surface area contributed by atoms with Crippen LogP contribution in [0.25, 0.3) is 22.8 Å². The van der Waals surface area contributed by atoms with Gasteiger partial charge in [0.2, 0.25) is 5.89 Å². The SMILES string of the molecule is CCN1CCN(C(=O)c2ccccc2-c2ncc(-c3ccc(F)cc3)o2)CC1. The fourth-order valence-corrected chi connectivity index (χ4v) is 3.44. The number of carbonyl (C=O) groups is 1. The number of amides is 1. The number of nitrogens with zero attached hydrogens (tertiary/aromatic N) is 3. The Hall–Kier alpha value is -2.99. The zero-order chi connectivity index (χ0) is 19.5. The van der Waals surface area contributed by atoms with Crippen LogP contribution in [0.1, 0.15) is 17.3 Å². The Labute approximate surface area is 163 Å². The van der Waals surface area contributed by atoms with Crippen molar-refractivity contribution in [3.8, 4) is 22.8 Å². The molecule has 4 rings (SSSR count). The Balaban J connectivity index is 1.60. The van der Waals surface area contributed by atoms with E-state index in [4.69, 9.17) is 4.42 Å². The van der Waals surface area contributed by atoms with E-state index in [-0.39, 0.29) is 11.7 Å². The van der Waals surface area contributed by atoms with E-state index in [1.54, 1.807) is 18.3 Å². The lowest BCUT2D eigenvalue weighted by Crippen LogP contribution is -2.48. The van der Waals surface area contributed by atoms with Crippen LogP contribution in [0.5, 0.6) is 0 Å². The molecule has 3 aromatic rings. The molecule has 0 spiro atoms. The average Bonchev–Trinajstić information content (AvgIpc) is 3.24. The largest absolute Gasteiger partial charge is 0.436 e. The molecule has 0 saturated carbocycles. The topological polar surface area (TPSA) is 49.6 Å². The van der Waals surface area contributed by atoms with E-state index < -0.39 is 0 Å². The number of hydrogen-bond acceptors (Lipinski definition) is 4. The van der Waals surface area contributed by atoms with Gasteiger partial charge in [0.25, 0.3) is 5.91 Å². The minimum Gasteiger partial charge on any atom is -0.436 e. The van der Waals surface area contributed by atoms with E-state index >= 15 is 0 Å². The second-order valence-electron chi connectivity index (χ2n) is 6.81. The highest BCUT2D eigenvalue weighted by atomic mass is 19.1. The summed E-state index contributed by atoms with van der Waals surface area (Å²) in [5.74, 6) is 0.611. The third kappa shape index (κ3) is 3.68. The van der Waals surface area contributed by atoms with Gasteiger partial charge in [0, 0.05) is 37.3 Å². The summed E-state index contributed by atoms with van der Waals surface area (Å²) in [6.45, 7) is 6.34. The number of carbonyl (C=O) groups excluding carboxylic acids is 1. The number of halogens is 1. The highest BCUT2D eigenvalue weighted by Gasteiger charge is 2.24. The first-order valence-corrected chi connectivity index (χ1v) is 9.48. The van der Waals surface area contributed by atoms with E-state index in [0.717, 1.165) is 25.2 Å². The normalized spacial score (nSPS) is 15.0. The van der Waals surface area contributed by atoms with Crippen molar-refractivity contribution < 1.29 is 13.6 Å². The molecule has 28 heavy (non-hydrogen) atoms. The third-order valence-electron chi connectivity index (χ3n) is 5.13. The number of likely N-dealkylation sites (N-methyl/N-ethyl adjacent to an activating group) is 1. The van der Waals surface area contributed by atoms with Gasteiger partial charge < -0.3 is 14.2 Å². The maximum atomic E-state index is 13.1. The van der Waals surface area contributed by atoms with Crippen molar-refractivity contribution in [3.05, 3.63) is 66.1 Å². The number of hydrogen-bond donors (Lipinski definition) is 0. The molecule has 0 bridgehead atoms. The van der Waals surface area contributed by atoms with Gasteiger partial charge in [-0.05, 0) is 42.9 Å². The number of aromatic nitrogens is 1. The summed E-state index contributed by atoms with van der Waals surface area (Å²) in [5, 5.41) is 0. The van der Waals surface area contributed by atoms with Crippen LogP contribution in [-0.4, -0.2) is 53.4 Å². The average molecular weight is 379 g/mol. The molecule has 1 fully saturated rings. The molecule has 6 heteroatoms. The molecule has 0 atom stereocenters. The Morgan fingerprint density at radius 3 is 2.50 bits per heavy atom. The highest BCUT2D eigenvalue weighted by Crippen LogP contribution is 2.29. The summed E-state index contributed by atoms with van der Waals surface area (Å²) < 4.78 is 19.0. The second kappa shape index (κ2) is 7.94. The molecular weight excluding hydrogens is 357 g/mol. The summed E-state index contributed by atoms with van der Waals surface area (Å²) in [7, 11) is 0. The molecule has 144 valence electrons. The molecule has 2 heterocycles. The van der Waals surface area contributed by atoms with Gasteiger partial charge in [0.05, 0.1) is 11.8 Å². The monoisotopic (exact) mass is 379 g/mol. The zero-order valence-corrected chi connectivity index (χ0v) is 15.8. The standard InChI is InChI=1S/C22H22FN3O2/c1-2-25-11-13-26(14-12-25)22(27)19-6-4-3-5-18(19)21-24-15-20(28-21)16-7-9-17(23)10-8-16/h3-10,15H,2,11-14H2,1H3. The Morgan fingerprint density at radius 2 is 1.79 bits per heavy atom. The Morgan fingerprint density at radius 1 is 1.07 bits per heavy atom. The molecule has 1 aliphatic rings. The minimum absolute atomic E-state index is 0.00659. The van der Waals surface area contributed by atoms with E-state index in [1.165, 1.54) is 12.1 Å². The molecule has 1 amide bonds. The number of rotatable bonds is 4. The predicted molar refractivity (Wildman–Crippen MR) is 105 cm³/mol. The first kappa shape index (κ1) is 18.4. The molecule has 1 aliphatic heterocycles. The first-order chi connectivity index (χ1) is 13.7. The van der Waals surface area contributed by atoms with Crippen molar-refractivity contribution >= 4 is 5.91 Å². The van der Waals surface area contributed by atoms with Gasteiger partial charge in [-0.3, -0.25) is 4.79 Å². The Kier molecular flexibility index (Phi) is 5.21. The Bertz CT molecular complexity index is 960. The van der Waals surface area contributed by atoms with Gasteiger partial charge >= 0.3 is 0 Å². The van der Waals surface area contributed by atoms with Crippen molar-refractivity contribution in [1.82, 2.24) is 14.8 Å². The molecule has 1 aromatic heterocycles. The summed E-state index contributed by atoms with van der Waals surface area (Å²) in [6.07, 6.45) is 1.60. The highest BCUT2D eigenvalue weighted by molar-refractivity contribution is 6.00. The van der Waals surface area contributed by atoms with Gasteiger partial charge in [-0.1, -0.05) is 19.1 Å². The van der Waals surface area contributed by atoms with Gasteiger partial charge in [-0.25, -0.2) is 9.37 Å². The van der Waals surface area contributed by atoms with Crippen molar-refractivity contribution in [3.63, 3.8) is 0 Å². The first-order valence-electron chi connectivity index (χ1n) is 9.48. The summed E-state index contributed by atoms with van der Waals surface area (Å²) in [4.78, 5) is 21.7. The van der Waals surface area contributed by atoms with E-state index in [9.17, 15) is 9.18 Å². The van der Waals surface area contributed by atoms with Crippen LogP contribution in [0.2, 0.25) is 0 Å². The smallest absolute Gasteiger partial charge is 0.254 e. The lowest BCUT2D eigenvalue weighted by Gasteiger charge is -2.34. The molecule has 0 unspecified atom stereocenters. The lowest BCUT2D eigenvalue weighted by molar-refractivity contribution is 0.0644. The van der Waals surface area contributed by atoms with Gasteiger partial charge in [-0.15, -0.1) is 0 Å². The molecule has 0 N–H and O–H groups in total. The zero-order valence-electron chi connectivity index (χ0n) is 15.8. The molecule has 0 aliphatic carbocycles. The maximum Gasteiger partial charge on any atom is 0.254 e. The predicted octanol–water partition coefficient (Wildman–Crippen LogP) is 3.93. The number of benzene rings is 2. The third-order valence-corrected chi connectivity index (χ3v) is 5.13. The van der Waals surface area contributed by atoms with Gasteiger partial charge in [-0.2, -0.15) is 0 Å². The number of piperazine rings is 1. The van der Waals surface area contributed by atoms with Crippen molar-refractivity contribution in [2.75, 3.05) is 32.7 Å². The summed E-state index contributed by atoms with van der Waals surface area (Å²) in [5.41, 5.74) is 1.98. The molecule has 5 nitrogen and oxygen atoms in total. The van der Waals surface area contributed by atoms with Crippen molar-refractivity contribution in [2.45, 2.75) is 6.92 Å². The molecular formula is C22H22FN3O2. The van der Waals surface area contributed by atoms with E-state index in [2.05, 4.69) is 16.8 Å². The van der Waals surface area contributed by atoms with Gasteiger partial charge in [0.1, 0.15) is 5.82 Å². The quantitative estimate of drug-likeness (QED) is 0.689. The summed E-state index contributed by atoms with van der Waals surface area (Å²) in [6, 6.07) is 13.4. The fourth-order valence-electron chi connectivity index (χ4n) is 3.44. The maximum absolute atomic E-state index is 13.1. The lowest BCUT2D eigenvalue weighted by atomic mass is 10.1. The van der Waals surface area contributed by atoms with Gasteiger partial charge in [0.15, 0.2) is 5.76 Å². The van der Waals surface area contributed by atoms with Crippen LogP contribution < -0.4 is 0 Å². The van der Waals surface area contributed by atoms with Crippen LogP contribution in [-0.2, 0) is 0 Å². The molecule has 0 radical (unpaired) electrons. The molecule has 2 aromatic carbocycles. The molecule has 1 saturated heterocycles. The second-order valence-corrected chi connectivity index (χ2v) is 6.81. The van der Waals surface area contributed by atoms with E-state index in [1.807, 2.05) is 29.2 Å². The fraction of sp³-hybridized carbons (Fsp3) is 0.273. The van der Waals surface area contributed by atoms with Crippen LogP contribution in [0, 0.1) is 5.82 Å².